The van der Waals surface area contributed by atoms with E-state index in [0.717, 1.165) is 48.9 Å². The van der Waals surface area contributed by atoms with E-state index in [1.165, 1.54) is 16.4 Å². The molecule has 2 aromatic rings. The summed E-state index contributed by atoms with van der Waals surface area (Å²) < 4.78 is 44.0. The number of hydrogen-bond donors (Lipinski definition) is 1. The molecule has 3 aliphatic rings. The van der Waals surface area contributed by atoms with Crippen molar-refractivity contribution >= 4 is 27.8 Å². The molecule has 2 aliphatic carbocycles. The minimum Gasteiger partial charge on any atom is -0.299 e. The number of halogens is 1. The molecule has 8 heteroatoms. The quantitative estimate of drug-likeness (QED) is 0.681. The Balaban J connectivity index is 1.42. The molecule has 0 spiro atoms. The lowest BCUT2D eigenvalue weighted by atomic mass is 9.97. The van der Waals surface area contributed by atoms with E-state index in [4.69, 9.17) is 0 Å². The maximum absolute atomic E-state index is 15.0. The van der Waals surface area contributed by atoms with Crippen LogP contribution in [0.2, 0.25) is 0 Å². The average Bonchev–Trinajstić information content (AvgIpc) is 3.53. The monoisotopic (exact) mass is 455 g/mol. The van der Waals surface area contributed by atoms with Crippen molar-refractivity contribution in [2.45, 2.75) is 44.9 Å². The van der Waals surface area contributed by atoms with Gasteiger partial charge in [0.1, 0.15) is 11.6 Å². The Morgan fingerprint density at radius 3 is 2.66 bits per heavy atom. The molecular weight excluding hydrogens is 429 g/mol. The highest BCUT2D eigenvalue weighted by Gasteiger charge is 2.30. The fourth-order valence-electron chi connectivity index (χ4n) is 4.43. The van der Waals surface area contributed by atoms with Crippen molar-refractivity contribution in [1.82, 2.24) is 9.29 Å². The van der Waals surface area contributed by atoms with Crippen LogP contribution in [0.3, 0.4) is 0 Å². The van der Waals surface area contributed by atoms with Crippen LogP contribution in [0.5, 0.6) is 0 Å². The molecule has 1 aromatic carbocycles. The highest BCUT2D eigenvalue weighted by atomic mass is 32.2. The van der Waals surface area contributed by atoms with Gasteiger partial charge in [-0.05, 0) is 55.0 Å². The molecule has 1 N–H and O–H groups in total. The maximum atomic E-state index is 15.0. The standard InChI is InChI=1S/C24H26FN3O3S/c25-21-13-17(9-10-23(21)27-32(30,31)28-11-2-1-3-12-28)20-14-18(15-24(29)16-7-8-16)26-22-6-4-5-19(20)22/h4-5,9-10,13-14,16,27H,1-3,6-8,11-12,15H2. The number of hydrogen-bond acceptors (Lipinski definition) is 4. The average molecular weight is 456 g/mol. The van der Waals surface area contributed by atoms with Crippen LogP contribution in [-0.4, -0.2) is 36.6 Å². The van der Waals surface area contributed by atoms with E-state index < -0.39 is 16.0 Å². The third-order valence-electron chi connectivity index (χ3n) is 6.35. The second-order valence-electron chi connectivity index (χ2n) is 8.81. The van der Waals surface area contributed by atoms with Crippen LogP contribution in [0.15, 0.2) is 30.3 Å². The number of carbonyl (C=O) groups excluding carboxylic acids is 1. The summed E-state index contributed by atoms with van der Waals surface area (Å²) in [5, 5.41) is 0. The van der Waals surface area contributed by atoms with E-state index >= 15 is 0 Å². The Morgan fingerprint density at radius 2 is 1.94 bits per heavy atom. The van der Waals surface area contributed by atoms with E-state index in [9.17, 15) is 17.6 Å². The zero-order chi connectivity index (χ0) is 22.3. The molecule has 1 saturated heterocycles. The third kappa shape index (κ3) is 4.34. The predicted molar refractivity (Wildman–Crippen MR) is 122 cm³/mol. The number of ketones is 1. The number of nitrogens with one attached hydrogen (secondary N) is 1. The van der Waals surface area contributed by atoms with Crippen molar-refractivity contribution in [3.8, 4) is 11.1 Å². The molecule has 2 fully saturated rings. The van der Waals surface area contributed by atoms with Gasteiger partial charge in [-0.1, -0.05) is 24.6 Å². The van der Waals surface area contributed by atoms with E-state index in [1.807, 2.05) is 18.2 Å². The Labute approximate surface area is 187 Å². The molecule has 2 heterocycles. The normalized spacial score (nSPS) is 18.5. The number of fused-ring (bicyclic) bond motifs is 1. The summed E-state index contributed by atoms with van der Waals surface area (Å²) in [4.78, 5) is 17.0. The highest BCUT2D eigenvalue weighted by Crippen LogP contribution is 2.35. The van der Waals surface area contributed by atoms with E-state index in [1.54, 1.807) is 6.07 Å². The molecule has 1 aliphatic heterocycles. The van der Waals surface area contributed by atoms with Crippen LogP contribution in [-0.2, 0) is 27.8 Å². The summed E-state index contributed by atoms with van der Waals surface area (Å²) >= 11 is 0. The zero-order valence-electron chi connectivity index (χ0n) is 17.8. The number of benzene rings is 1. The van der Waals surface area contributed by atoms with Gasteiger partial charge < -0.3 is 0 Å². The molecule has 0 unspecified atom stereocenters. The smallest absolute Gasteiger partial charge is 0.299 e. The Kier molecular flexibility index (Phi) is 5.59. The van der Waals surface area contributed by atoms with Crippen molar-refractivity contribution in [3.63, 3.8) is 0 Å². The molecule has 168 valence electrons. The second kappa shape index (κ2) is 8.41. The lowest BCUT2D eigenvalue weighted by Crippen LogP contribution is -2.39. The molecule has 5 rings (SSSR count). The number of anilines is 1. The van der Waals surface area contributed by atoms with Crippen LogP contribution in [0, 0.1) is 11.7 Å². The predicted octanol–water partition coefficient (Wildman–Crippen LogP) is 4.12. The van der Waals surface area contributed by atoms with Gasteiger partial charge in [0, 0.05) is 43.1 Å². The van der Waals surface area contributed by atoms with Gasteiger partial charge in [-0.15, -0.1) is 0 Å². The molecule has 0 radical (unpaired) electrons. The summed E-state index contributed by atoms with van der Waals surface area (Å²) in [6.07, 6.45) is 9.50. The first-order valence-electron chi connectivity index (χ1n) is 11.2. The number of piperidine rings is 1. The van der Waals surface area contributed by atoms with Crippen molar-refractivity contribution in [2.75, 3.05) is 17.8 Å². The number of carbonyl (C=O) groups is 1. The van der Waals surface area contributed by atoms with Crippen LogP contribution in [0.1, 0.15) is 49.1 Å². The Bertz CT molecular complexity index is 1200. The van der Waals surface area contributed by atoms with Crippen LogP contribution in [0.4, 0.5) is 10.1 Å². The molecule has 0 bridgehead atoms. The third-order valence-corrected chi connectivity index (χ3v) is 7.87. The molecule has 0 amide bonds. The van der Waals surface area contributed by atoms with Crippen LogP contribution in [0.25, 0.3) is 17.2 Å². The van der Waals surface area contributed by atoms with E-state index in [2.05, 4.69) is 9.71 Å². The van der Waals surface area contributed by atoms with Crippen LogP contribution >= 0.6 is 0 Å². The first-order valence-corrected chi connectivity index (χ1v) is 12.6. The van der Waals surface area contributed by atoms with E-state index in [0.29, 0.717) is 37.2 Å². The Morgan fingerprint density at radius 1 is 1.16 bits per heavy atom. The lowest BCUT2D eigenvalue weighted by molar-refractivity contribution is -0.119. The topological polar surface area (TPSA) is 79.4 Å². The van der Waals surface area contributed by atoms with Gasteiger partial charge in [0.15, 0.2) is 0 Å². The van der Waals surface area contributed by atoms with E-state index in [-0.39, 0.29) is 17.4 Å². The van der Waals surface area contributed by atoms with Gasteiger partial charge >= 0.3 is 10.2 Å². The Hall–Kier alpha value is -2.58. The number of allylic oxidation sites excluding steroid dienone is 1. The molecule has 6 nitrogen and oxygen atoms in total. The summed E-state index contributed by atoms with van der Waals surface area (Å²) in [7, 11) is -3.78. The summed E-state index contributed by atoms with van der Waals surface area (Å²) in [6.45, 7) is 0.903. The van der Waals surface area contributed by atoms with Crippen molar-refractivity contribution < 1.29 is 17.6 Å². The largest absolute Gasteiger partial charge is 0.301 e. The number of pyridine rings is 1. The molecule has 0 atom stereocenters. The number of Topliss-reactive ketones (excluding diaryl/α,β-unsaturated/α-hetero) is 1. The first kappa shape index (κ1) is 21.3. The lowest BCUT2D eigenvalue weighted by Gasteiger charge is -2.26. The number of nitrogens with zero attached hydrogens (tertiary/aromatic N) is 2. The van der Waals surface area contributed by atoms with Crippen molar-refractivity contribution in [3.05, 3.63) is 53.1 Å². The van der Waals surface area contributed by atoms with Gasteiger partial charge in [-0.2, -0.15) is 12.7 Å². The second-order valence-corrected chi connectivity index (χ2v) is 10.5. The minimum atomic E-state index is -3.78. The van der Waals surface area contributed by atoms with Gasteiger partial charge in [-0.25, -0.2) is 4.39 Å². The highest BCUT2D eigenvalue weighted by molar-refractivity contribution is 7.90. The SMILES string of the molecule is O=C(Cc1cc(-c2ccc(NS(=O)(=O)N3CCCCC3)c(F)c2)c2c(n1)CC=C2)C1CC1. The molecular formula is C24H26FN3O3S. The van der Waals surface area contributed by atoms with Gasteiger partial charge in [0.25, 0.3) is 0 Å². The fraction of sp³-hybridized carbons (Fsp3) is 0.417. The summed E-state index contributed by atoms with van der Waals surface area (Å²) in [5.41, 5.74) is 3.89. The zero-order valence-corrected chi connectivity index (χ0v) is 18.6. The molecule has 1 aromatic heterocycles. The molecule has 32 heavy (non-hydrogen) atoms. The fourth-order valence-corrected chi connectivity index (χ4v) is 5.74. The van der Waals surface area contributed by atoms with Crippen molar-refractivity contribution in [1.29, 1.82) is 0 Å². The number of aromatic nitrogens is 1. The van der Waals surface area contributed by atoms with Gasteiger partial charge in [0.05, 0.1) is 11.4 Å². The number of rotatable bonds is 7. The van der Waals surface area contributed by atoms with Gasteiger partial charge in [-0.3, -0.25) is 14.5 Å². The molecule has 1 saturated carbocycles. The maximum Gasteiger partial charge on any atom is 0.301 e. The minimum absolute atomic E-state index is 0.0651. The first-order chi connectivity index (χ1) is 15.4. The van der Waals surface area contributed by atoms with Crippen LogP contribution < -0.4 is 4.72 Å². The van der Waals surface area contributed by atoms with Gasteiger partial charge in [0.2, 0.25) is 0 Å². The van der Waals surface area contributed by atoms with Crippen molar-refractivity contribution in [2.24, 2.45) is 5.92 Å². The summed E-state index contributed by atoms with van der Waals surface area (Å²) in [6, 6.07) is 6.39. The summed E-state index contributed by atoms with van der Waals surface area (Å²) in [5.74, 6) is -0.259.